The summed E-state index contributed by atoms with van der Waals surface area (Å²) in [5.41, 5.74) is 3.33. The van der Waals surface area contributed by atoms with Crippen LogP contribution in [0.25, 0.3) is 11.3 Å². The van der Waals surface area contributed by atoms with Crippen molar-refractivity contribution in [3.05, 3.63) is 82.1 Å². The number of aromatic nitrogens is 2. The minimum Gasteiger partial charge on any atom is -0.497 e. The van der Waals surface area contributed by atoms with Crippen LogP contribution in [0.5, 0.6) is 5.75 Å². The van der Waals surface area contributed by atoms with Crippen molar-refractivity contribution in [2.45, 2.75) is 6.42 Å². The number of benzene rings is 2. The highest BCUT2D eigenvalue weighted by molar-refractivity contribution is 5.60. The largest absolute Gasteiger partial charge is 0.497 e. The Morgan fingerprint density at radius 3 is 2.45 bits per heavy atom. The third-order valence-corrected chi connectivity index (χ3v) is 3.50. The van der Waals surface area contributed by atoms with Crippen LogP contribution in [0.1, 0.15) is 11.1 Å². The molecular weight excluding hydrogens is 276 g/mol. The van der Waals surface area contributed by atoms with Crippen LogP contribution < -0.4 is 10.3 Å². The Hall–Kier alpha value is -2.88. The van der Waals surface area contributed by atoms with Gasteiger partial charge in [0.25, 0.3) is 5.56 Å². The van der Waals surface area contributed by atoms with E-state index < -0.39 is 0 Å². The molecule has 2 aromatic carbocycles. The molecule has 0 fully saturated rings. The van der Waals surface area contributed by atoms with Crippen molar-refractivity contribution < 1.29 is 4.74 Å². The van der Waals surface area contributed by atoms with Crippen LogP contribution in [0.2, 0.25) is 0 Å². The number of rotatable bonds is 4. The highest BCUT2D eigenvalue weighted by atomic mass is 16.5. The number of methoxy groups -OCH3 is 1. The third-order valence-electron chi connectivity index (χ3n) is 3.50. The molecule has 0 aliphatic carbocycles. The van der Waals surface area contributed by atoms with Crippen LogP contribution >= 0.6 is 0 Å². The predicted octanol–water partition coefficient (Wildman–Crippen LogP) is 3.04. The molecule has 0 bridgehead atoms. The first-order valence-corrected chi connectivity index (χ1v) is 7.03. The number of hydrogen-bond donors (Lipinski definition) is 1. The standard InChI is InChI=1S/C18H16N2O2/c1-22-16-9-7-14(8-10-16)17-12-15(18(21)20-19-17)11-13-5-3-2-4-6-13/h2-10,12H,11H2,1H3,(H,20,21). The number of ether oxygens (including phenoxy) is 1. The van der Waals surface area contributed by atoms with Crippen molar-refractivity contribution in [3.63, 3.8) is 0 Å². The van der Waals surface area contributed by atoms with E-state index in [4.69, 9.17) is 4.74 Å². The van der Waals surface area contributed by atoms with Gasteiger partial charge in [-0.25, -0.2) is 5.10 Å². The van der Waals surface area contributed by atoms with Crippen molar-refractivity contribution in [1.82, 2.24) is 10.2 Å². The smallest absolute Gasteiger partial charge is 0.267 e. The van der Waals surface area contributed by atoms with Gasteiger partial charge in [0.1, 0.15) is 5.75 Å². The van der Waals surface area contributed by atoms with Gasteiger partial charge in [-0.15, -0.1) is 0 Å². The van der Waals surface area contributed by atoms with E-state index in [1.165, 1.54) is 0 Å². The van der Waals surface area contributed by atoms with Gasteiger partial charge in [0, 0.05) is 17.5 Å². The number of hydrogen-bond acceptors (Lipinski definition) is 3. The molecular formula is C18H16N2O2. The van der Waals surface area contributed by atoms with Crippen LogP contribution in [0.4, 0.5) is 0 Å². The second kappa shape index (κ2) is 6.26. The Morgan fingerprint density at radius 1 is 1.05 bits per heavy atom. The van der Waals surface area contributed by atoms with Crippen molar-refractivity contribution in [2.24, 2.45) is 0 Å². The molecule has 110 valence electrons. The zero-order valence-electron chi connectivity index (χ0n) is 12.2. The first-order valence-electron chi connectivity index (χ1n) is 7.03. The van der Waals surface area contributed by atoms with Crippen LogP contribution in [0.3, 0.4) is 0 Å². The van der Waals surface area contributed by atoms with Gasteiger partial charge in [0.2, 0.25) is 0 Å². The average Bonchev–Trinajstić information content (AvgIpc) is 2.58. The molecule has 0 amide bonds. The van der Waals surface area contributed by atoms with Crippen LogP contribution in [-0.2, 0) is 6.42 Å². The minimum atomic E-state index is -0.152. The zero-order chi connectivity index (χ0) is 15.4. The quantitative estimate of drug-likeness (QED) is 0.804. The lowest BCUT2D eigenvalue weighted by Gasteiger charge is -2.05. The van der Waals surface area contributed by atoms with Gasteiger partial charge in [-0.05, 0) is 35.9 Å². The van der Waals surface area contributed by atoms with Crippen molar-refractivity contribution in [2.75, 3.05) is 7.11 Å². The summed E-state index contributed by atoms with van der Waals surface area (Å²) in [5.74, 6) is 0.790. The molecule has 0 radical (unpaired) electrons. The van der Waals surface area contributed by atoms with E-state index in [1.807, 2.05) is 60.7 Å². The normalized spacial score (nSPS) is 10.4. The van der Waals surface area contributed by atoms with E-state index in [-0.39, 0.29) is 5.56 Å². The number of nitrogens with zero attached hydrogens (tertiary/aromatic N) is 1. The monoisotopic (exact) mass is 292 g/mol. The first kappa shape index (κ1) is 14.1. The summed E-state index contributed by atoms with van der Waals surface area (Å²) in [7, 11) is 1.63. The lowest BCUT2D eigenvalue weighted by molar-refractivity contribution is 0.415. The molecule has 4 heteroatoms. The maximum Gasteiger partial charge on any atom is 0.267 e. The van der Waals surface area contributed by atoms with E-state index in [9.17, 15) is 4.79 Å². The van der Waals surface area contributed by atoms with Gasteiger partial charge in [-0.2, -0.15) is 5.10 Å². The van der Waals surface area contributed by atoms with Crippen LogP contribution in [0.15, 0.2) is 65.5 Å². The summed E-state index contributed by atoms with van der Waals surface area (Å²) in [5, 5.41) is 6.71. The summed E-state index contributed by atoms with van der Waals surface area (Å²) < 4.78 is 5.15. The van der Waals surface area contributed by atoms with Gasteiger partial charge in [-0.1, -0.05) is 30.3 Å². The lowest BCUT2D eigenvalue weighted by Crippen LogP contribution is -2.14. The van der Waals surface area contributed by atoms with Gasteiger partial charge in [0.15, 0.2) is 0 Å². The molecule has 3 aromatic rings. The van der Waals surface area contributed by atoms with E-state index in [0.29, 0.717) is 12.0 Å². The molecule has 0 atom stereocenters. The predicted molar refractivity (Wildman–Crippen MR) is 86.1 cm³/mol. The molecule has 1 heterocycles. The Morgan fingerprint density at radius 2 is 1.77 bits per heavy atom. The topological polar surface area (TPSA) is 55.0 Å². The molecule has 1 aromatic heterocycles. The Bertz CT molecular complexity index is 808. The average molecular weight is 292 g/mol. The number of nitrogens with one attached hydrogen (secondary N) is 1. The molecule has 1 N–H and O–H groups in total. The van der Waals surface area contributed by atoms with Crippen LogP contribution in [0, 0.1) is 0 Å². The fourth-order valence-corrected chi connectivity index (χ4v) is 2.30. The summed E-state index contributed by atoms with van der Waals surface area (Å²) in [6, 6.07) is 19.3. The van der Waals surface area contributed by atoms with E-state index in [2.05, 4.69) is 10.2 Å². The highest BCUT2D eigenvalue weighted by Gasteiger charge is 2.06. The number of H-pyrrole nitrogens is 1. The molecule has 4 nitrogen and oxygen atoms in total. The van der Waals surface area contributed by atoms with Gasteiger partial charge < -0.3 is 4.74 Å². The summed E-state index contributed by atoms with van der Waals surface area (Å²) in [6.07, 6.45) is 0.585. The molecule has 0 spiro atoms. The van der Waals surface area contributed by atoms with Crippen molar-refractivity contribution >= 4 is 0 Å². The summed E-state index contributed by atoms with van der Waals surface area (Å²) in [4.78, 5) is 12.0. The Labute approximate surface area is 128 Å². The highest BCUT2D eigenvalue weighted by Crippen LogP contribution is 2.20. The van der Waals surface area contributed by atoms with Gasteiger partial charge in [-0.3, -0.25) is 4.79 Å². The Kier molecular flexibility index (Phi) is 4.01. The summed E-state index contributed by atoms with van der Waals surface area (Å²) >= 11 is 0. The maximum absolute atomic E-state index is 12.0. The van der Waals surface area contributed by atoms with Crippen molar-refractivity contribution in [1.29, 1.82) is 0 Å². The zero-order valence-corrected chi connectivity index (χ0v) is 12.2. The first-order chi connectivity index (χ1) is 10.8. The van der Waals surface area contributed by atoms with Crippen LogP contribution in [-0.4, -0.2) is 17.3 Å². The van der Waals surface area contributed by atoms with Gasteiger partial charge >= 0.3 is 0 Å². The fourth-order valence-electron chi connectivity index (χ4n) is 2.30. The van der Waals surface area contributed by atoms with Gasteiger partial charge in [0.05, 0.1) is 12.8 Å². The van der Waals surface area contributed by atoms with E-state index >= 15 is 0 Å². The molecule has 0 saturated heterocycles. The fraction of sp³-hybridized carbons (Fsp3) is 0.111. The number of aromatic amines is 1. The maximum atomic E-state index is 12.0. The molecule has 3 rings (SSSR count). The van der Waals surface area contributed by atoms with E-state index in [1.54, 1.807) is 7.11 Å². The second-order valence-electron chi connectivity index (χ2n) is 5.00. The third kappa shape index (κ3) is 3.06. The molecule has 22 heavy (non-hydrogen) atoms. The Balaban J connectivity index is 1.93. The molecule has 0 aliphatic rings. The molecule has 0 aliphatic heterocycles. The minimum absolute atomic E-state index is 0.152. The summed E-state index contributed by atoms with van der Waals surface area (Å²) in [6.45, 7) is 0. The van der Waals surface area contributed by atoms with E-state index in [0.717, 1.165) is 22.6 Å². The van der Waals surface area contributed by atoms with Crippen molar-refractivity contribution in [3.8, 4) is 17.0 Å². The SMILES string of the molecule is COc1ccc(-c2cc(Cc3ccccc3)c(=O)[nH]n2)cc1. The molecule has 0 unspecified atom stereocenters. The lowest BCUT2D eigenvalue weighted by atomic mass is 10.0. The molecule has 0 saturated carbocycles. The second-order valence-corrected chi connectivity index (χ2v) is 5.00.